The first-order valence-electron chi connectivity index (χ1n) is 8.77. The maximum atomic E-state index is 13.1. The van der Waals surface area contributed by atoms with Crippen molar-refractivity contribution in [1.29, 1.82) is 0 Å². The first-order chi connectivity index (χ1) is 13.6. The van der Waals surface area contributed by atoms with E-state index in [0.29, 0.717) is 48.7 Å². The van der Waals surface area contributed by atoms with Crippen molar-refractivity contribution in [2.24, 2.45) is 0 Å². The molecule has 0 radical (unpaired) electrons. The molecule has 1 aromatic carbocycles. The molecule has 1 atom stereocenters. The van der Waals surface area contributed by atoms with E-state index in [0.717, 1.165) is 0 Å². The topological polar surface area (TPSA) is 106 Å². The van der Waals surface area contributed by atoms with E-state index in [-0.39, 0.29) is 11.9 Å². The van der Waals surface area contributed by atoms with Crippen molar-refractivity contribution in [1.82, 2.24) is 20.2 Å². The summed E-state index contributed by atoms with van der Waals surface area (Å²) in [5.74, 6) is 1.09. The fourth-order valence-electron chi connectivity index (χ4n) is 2.75. The molecule has 2 aromatic heterocycles. The number of anilines is 2. The Bertz CT molecular complexity index is 977. The van der Waals surface area contributed by atoms with E-state index < -0.39 is 6.09 Å². The molecule has 28 heavy (non-hydrogen) atoms. The van der Waals surface area contributed by atoms with Gasteiger partial charge >= 0.3 is 6.09 Å². The Labute approximate surface area is 159 Å². The van der Waals surface area contributed by atoms with Gasteiger partial charge in [0, 0.05) is 11.8 Å². The van der Waals surface area contributed by atoms with Crippen LogP contribution in [0.2, 0.25) is 0 Å². The van der Waals surface area contributed by atoms with Gasteiger partial charge in [0.05, 0.1) is 6.54 Å². The van der Waals surface area contributed by atoms with Gasteiger partial charge in [0.15, 0.2) is 0 Å². The summed E-state index contributed by atoms with van der Waals surface area (Å²) < 4.78 is 23.7. The zero-order valence-electron chi connectivity index (χ0n) is 15.0. The van der Waals surface area contributed by atoms with Gasteiger partial charge in [-0.2, -0.15) is 4.98 Å². The van der Waals surface area contributed by atoms with Gasteiger partial charge in [0.25, 0.3) is 0 Å². The molecule has 1 amide bonds. The molecule has 144 valence electrons. The molecule has 0 bridgehead atoms. The van der Waals surface area contributed by atoms with E-state index in [1.807, 2.05) is 6.92 Å². The number of rotatable bonds is 6. The third-order valence-corrected chi connectivity index (χ3v) is 4.22. The predicted molar refractivity (Wildman–Crippen MR) is 97.1 cm³/mol. The zero-order valence-corrected chi connectivity index (χ0v) is 15.0. The third kappa shape index (κ3) is 3.61. The number of amides is 1. The van der Waals surface area contributed by atoms with Gasteiger partial charge in [-0.25, -0.2) is 14.2 Å². The van der Waals surface area contributed by atoms with Crippen LogP contribution in [0.3, 0.4) is 0 Å². The minimum absolute atomic E-state index is 0.296. The fraction of sp³-hybridized carbons (Fsp3) is 0.278. The zero-order chi connectivity index (χ0) is 19.5. The van der Waals surface area contributed by atoms with Gasteiger partial charge in [0.1, 0.15) is 24.3 Å². The van der Waals surface area contributed by atoms with E-state index in [1.165, 1.54) is 17.0 Å². The summed E-state index contributed by atoms with van der Waals surface area (Å²) in [6.07, 6.45) is 1.75. The van der Waals surface area contributed by atoms with Crippen LogP contribution in [0, 0.1) is 5.82 Å². The maximum Gasteiger partial charge on any atom is 0.415 e. The van der Waals surface area contributed by atoms with Gasteiger partial charge in [-0.1, -0.05) is 6.92 Å². The highest BCUT2D eigenvalue weighted by molar-refractivity contribution is 5.88. The van der Waals surface area contributed by atoms with E-state index in [4.69, 9.17) is 9.15 Å². The Kier molecular flexibility index (Phi) is 4.83. The summed E-state index contributed by atoms with van der Waals surface area (Å²) in [6, 6.07) is 7.11. The average molecular weight is 384 g/mol. The molecule has 1 aliphatic heterocycles. The molecule has 3 heterocycles. The molecule has 1 fully saturated rings. The average Bonchev–Trinajstić information content (AvgIpc) is 3.36. The van der Waals surface area contributed by atoms with Crippen LogP contribution < -0.4 is 10.2 Å². The number of aromatic nitrogens is 4. The number of carbonyl (C=O) groups is 1. The monoisotopic (exact) mass is 384 g/mol. The van der Waals surface area contributed by atoms with Crippen molar-refractivity contribution >= 4 is 17.9 Å². The summed E-state index contributed by atoms with van der Waals surface area (Å²) in [6.45, 7) is 2.72. The van der Waals surface area contributed by atoms with Crippen LogP contribution >= 0.6 is 0 Å². The summed E-state index contributed by atoms with van der Waals surface area (Å²) in [7, 11) is 0. The Morgan fingerprint density at radius 1 is 1.25 bits per heavy atom. The second-order valence-electron chi connectivity index (χ2n) is 6.06. The van der Waals surface area contributed by atoms with Crippen LogP contribution in [0.1, 0.15) is 25.3 Å². The lowest BCUT2D eigenvalue weighted by atomic mass is 10.2. The van der Waals surface area contributed by atoms with Crippen LogP contribution in [0.5, 0.6) is 0 Å². The number of carbonyl (C=O) groups excluding carboxylic acids is 1. The molecule has 4 rings (SSSR count). The van der Waals surface area contributed by atoms with Crippen LogP contribution in [0.25, 0.3) is 11.5 Å². The third-order valence-electron chi connectivity index (χ3n) is 4.22. The number of halogens is 1. The quantitative estimate of drug-likeness (QED) is 0.691. The minimum Gasteiger partial charge on any atom is -0.447 e. The number of hydrogen-bond donors (Lipinski definition) is 1. The molecule has 1 unspecified atom stereocenters. The minimum atomic E-state index is -0.433. The van der Waals surface area contributed by atoms with Crippen molar-refractivity contribution in [3.63, 3.8) is 0 Å². The van der Waals surface area contributed by atoms with Crippen LogP contribution in [0.4, 0.5) is 21.0 Å². The second-order valence-corrected chi connectivity index (χ2v) is 6.06. The Morgan fingerprint density at radius 3 is 2.79 bits per heavy atom. The highest BCUT2D eigenvalue weighted by Gasteiger charge is 2.25. The van der Waals surface area contributed by atoms with Gasteiger partial charge in [-0.3, -0.25) is 4.90 Å². The molecule has 0 spiro atoms. The normalized spacial score (nSPS) is 14.8. The molecule has 3 aromatic rings. The molecular formula is C18H17FN6O3. The first-order valence-corrected chi connectivity index (χ1v) is 8.77. The number of nitrogens with one attached hydrogen (secondary N) is 1. The number of nitrogens with zero attached hydrogens (tertiary/aromatic N) is 5. The van der Waals surface area contributed by atoms with Crippen LogP contribution in [0.15, 0.2) is 40.9 Å². The summed E-state index contributed by atoms with van der Waals surface area (Å²) in [4.78, 5) is 21.7. The Hall–Kier alpha value is -3.56. The fourth-order valence-corrected chi connectivity index (χ4v) is 2.75. The highest BCUT2D eigenvalue weighted by atomic mass is 19.1. The molecule has 0 saturated carbocycles. The number of hydrogen-bond acceptors (Lipinski definition) is 8. The van der Waals surface area contributed by atoms with E-state index in [9.17, 15) is 9.18 Å². The molecule has 1 aliphatic rings. The molecule has 10 heteroatoms. The Balaban J connectivity index is 1.52. The number of ether oxygens (including phenoxy) is 1. The van der Waals surface area contributed by atoms with Gasteiger partial charge in [-0.05, 0) is 36.8 Å². The lowest BCUT2D eigenvalue weighted by molar-refractivity contribution is 0.181. The van der Waals surface area contributed by atoms with Gasteiger partial charge < -0.3 is 14.5 Å². The van der Waals surface area contributed by atoms with Gasteiger partial charge in [-0.15, -0.1) is 10.2 Å². The molecular weight excluding hydrogens is 367 g/mol. The molecule has 9 nitrogen and oxygen atoms in total. The van der Waals surface area contributed by atoms with Crippen molar-refractivity contribution < 1.29 is 18.3 Å². The lowest BCUT2D eigenvalue weighted by Crippen LogP contribution is -2.25. The van der Waals surface area contributed by atoms with E-state index in [2.05, 4.69) is 25.5 Å². The summed E-state index contributed by atoms with van der Waals surface area (Å²) in [5, 5.41) is 11.2. The van der Waals surface area contributed by atoms with Gasteiger partial charge in [0.2, 0.25) is 17.7 Å². The number of benzene rings is 1. The van der Waals surface area contributed by atoms with Crippen molar-refractivity contribution in [3.05, 3.63) is 48.2 Å². The van der Waals surface area contributed by atoms with Crippen LogP contribution in [-0.2, 0) is 4.74 Å². The summed E-state index contributed by atoms with van der Waals surface area (Å²) in [5.41, 5.74) is 0.626. The van der Waals surface area contributed by atoms with Crippen molar-refractivity contribution in [2.75, 3.05) is 23.4 Å². The first kappa shape index (κ1) is 17.8. The maximum absolute atomic E-state index is 13.1. The smallest absolute Gasteiger partial charge is 0.415 e. The van der Waals surface area contributed by atoms with E-state index >= 15 is 0 Å². The highest BCUT2D eigenvalue weighted by Crippen LogP contribution is 2.25. The second kappa shape index (κ2) is 7.59. The largest absolute Gasteiger partial charge is 0.447 e. The molecule has 1 N–H and O–H groups in total. The Morgan fingerprint density at radius 2 is 2.07 bits per heavy atom. The molecule has 1 saturated heterocycles. The van der Waals surface area contributed by atoms with Crippen molar-refractivity contribution in [2.45, 2.75) is 19.4 Å². The number of cyclic esters (lactones) is 1. The standard InChI is InChI=1S/C18H17FN6O3/c1-2-13(16-24-23-15(28-16)11-3-5-12(19)6-4-11)21-17-20-8-7-14(22-17)25-9-10-27-18(25)26/h3-8,13H,2,9-10H2,1H3,(H,20,21,22). The van der Waals surface area contributed by atoms with Crippen molar-refractivity contribution in [3.8, 4) is 11.5 Å². The summed E-state index contributed by atoms with van der Waals surface area (Å²) >= 11 is 0. The molecule has 0 aliphatic carbocycles. The van der Waals surface area contributed by atoms with Crippen LogP contribution in [-0.4, -0.2) is 39.4 Å². The SMILES string of the molecule is CCC(Nc1nccc(N2CCOC2=O)n1)c1nnc(-c2ccc(F)cc2)o1. The lowest BCUT2D eigenvalue weighted by Gasteiger charge is -2.15. The predicted octanol–water partition coefficient (Wildman–Crippen LogP) is 3.19. The van der Waals surface area contributed by atoms with E-state index in [1.54, 1.807) is 24.4 Å².